The van der Waals surface area contributed by atoms with Crippen molar-refractivity contribution in [2.45, 2.75) is 153 Å². The number of carbonyl (C=O) groups is 1. The van der Waals surface area contributed by atoms with E-state index in [9.17, 15) is 30.3 Å². The highest BCUT2D eigenvalue weighted by Gasteiger charge is 2.44. The third-order valence-electron chi connectivity index (χ3n) is 7.28. The number of aliphatic hydroxyl groups excluding tert-OH is 5. The van der Waals surface area contributed by atoms with Crippen molar-refractivity contribution in [3.05, 3.63) is 24.3 Å². The lowest BCUT2D eigenvalue weighted by atomic mass is 9.99. The summed E-state index contributed by atoms with van der Waals surface area (Å²) < 4.78 is 11.0. The van der Waals surface area contributed by atoms with Crippen LogP contribution in [0.15, 0.2) is 24.3 Å². The van der Waals surface area contributed by atoms with Crippen LogP contribution in [0.25, 0.3) is 0 Å². The van der Waals surface area contributed by atoms with Crippen LogP contribution in [0.5, 0.6) is 0 Å². The van der Waals surface area contributed by atoms with Crippen molar-refractivity contribution in [2.24, 2.45) is 0 Å². The zero-order valence-electron chi connectivity index (χ0n) is 24.8. The van der Waals surface area contributed by atoms with Crippen molar-refractivity contribution >= 4 is 5.91 Å². The van der Waals surface area contributed by atoms with Crippen LogP contribution in [0, 0.1) is 0 Å². The summed E-state index contributed by atoms with van der Waals surface area (Å²) in [4.78, 5) is 12.7. The van der Waals surface area contributed by atoms with E-state index in [1.807, 2.05) is 6.08 Å². The number of hydrogen-bond donors (Lipinski definition) is 6. The van der Waals surface area contributed by atoms with Crippen LogP contribution in [0.3, 0.4) is 0 Å². The number of carbonyl (C=O) groups excluding carboxylic acids is 1. The third kappa shape index (κ3) is 15.6. The first-order chi connectivity index (χ1) is 19.3. The van der Waals surface area contributed by atoms with Gasteiger partial charge in [-0.15, -0.1) is 0 Å². The highest BCUT2D eigenvalue weighted by Crippen LogP contribution is 2.22. The maximum Gasteiger partial charge on any atom is 0.220 e. The van der Waals surface area contributed by atoms with Gasteiger partial charge in [-0.2, -0.15) is 0 Å². The van der Waals surface area contributed by atoms with Crippen LogP contribution < -0.4 is 5.32 Å². The van der Waals surface area contributed by atoms with Crippen molar-refractivity contribution in [3.63, 3.8) is 0 Å². The van der Waals surface area contributed by atoms with Gasteiger partial charge in [0.1, 0.15) is 24.4 Å². The molecule has 1 saturated heterocycles. The van der Waals surface area contributed by atoms with Gasteiger partial charge in [0, 0.05) is 6.42 Å². The lowest BCUT2D eigenvalue weighted by Gasteiger charge is -2.40. The average molecular weight is 572 g/mol. The quantitative estimate of drug-likeness (QED) is 0.0804. The summed E-state index contributed by atoms with van der Waals surface area (Å²) >= 11 is 0. The zero-order valence-corrected chi connectivity index (χ0v) is 24.8. The Hall–Kier alpha value is -1.33. The van der Waals surface area contributed by atoms with Gasteiger partial charge >= 0.3 is 0 Å². The summed E-state index contributed by atoms with van der Waals surface area (Å²) in [5.41, 5.74) is 0. The highest BCUT2D eigenvalue weighted by atomic mass is 16.7. The lowest BCUT2D eigenvalue weighted by Crippen LogP contribution is -2.60. The monoisotopic (exact) mass is 571 g/mol. The van der Waals surface area contributed by atoms with Crippen LogP contribution in [0.4, 0.5) is 0 Å². The van der Waals surface area contributed by atoms with Crippen molar-refractivity contribution in [1.82, 2.24) is 5.32 Å². The molecule has 40 heavy (non-hydrogen) atoms. The number of hydrogen-bond acceptors (Lipinski definition) is 8. The van der Waals surface area contributed by atoms with Crippen LogP contribution >= 0.6 is 0 Å². The molecule has 7 unspecified atom stereocenters. The molecule has 0 aromatic heterocycles. The van der Waals surface area contributed by atoms with E-state index in [4.69, 9.17) is 9.47 Å². The molecule has 0 radical (unpaired) electrons. The van der Waals surface area contributed by atoms with Crippen LogP contribution in [-0.4, -0.2) is 87.5 Å². The van der Waals surface area contributed by atoms with Gasteiger partial charge in [-0.25, -0.2) is 0 Å². The molecule has 0 aliphatic carbocycles. The van der Waals surface area contributed by atoms with Gasteiger partial charge in [0.25, 0.3) is 0 Å². The van der Waals surface area contributed by atoms with E-state index in [-0.39, 0.29) is 12.5 Å². The van der Waals surface area contributed by atoms with E-state index >= 15 is 0 Å². The molecule has 1 aliphatic rings. The predicted octanol–water partition coefficient (Wildman–Crippen LogP) is 3.65. The third-order valence-corrected chi connectivity index (χ3v) is 7.28. The Morgan fingerprint density at radius 2 is 1.43 bits per heavy atom. The van der Waals surface area contributed by atoms with E-state index in [0.29, 0.717) is 6.42 Å². The van der Waals surface area contributed by atoms with Crippen molar-refractivity contribution in [3.8, 4) is 0 Å². The smallest absolute Gasteiger partial charge is 0.220 e. The predicted molar refractivity (Wildman–Crippen MR) is 157 cm³/mol. The first-order valence-corrected chi connectivity index (χ1v) is 15.6. The molecule has 1 rings (SSSR count). The summed E-state index contributed by atoms with van der Waals surface area (Å²) in [6, 6.07) is -0.810. The maximum absolute atomic E-state index is 12.7. The first kappa shape index (κ1) is 36.7. The number of aliphatic hydroxyl groups is 5. The van der Waals surface area contributed by atoms with Gasteiger partial charge in [-0.1, -0.05) is 95.9 Å². The van der Waals surface area contributed by atoms with Crippen molar-refractivity contribution in [2.75, 3.05) is 13.2 Å². The lowest BCUT2D eigenvalue weighted by molar-refractivity contribution is -0.302. The Morgan fingerprint density at radius 3 is 2.10 bits per heavy atom. The van der Waals surface area contributed by atoms with Gasteiger partial charge in [-0.05, 0) is 32.1 Å². The molecule has 0 saturated carbocycles. The second-order valence-corrected chi connectivity index (χ2v) is 10.9. The fourth-order valence-corrected chi connectivity index (χ4v) is 4.64. The van der Waals surface area contributed by atoms with Crippen LogP contribution in [0.2, 0.25) is 0 Å². The topological polar surface area (TPSA) is 149 Å². The number of amides is 1. The van der Waals surface area contributed by atoms with E-state index in [1.165, 1.54) is 51.4 Å². The minimum atomic E-state index is -1.56. The molecule has 0 aromatic rings. The Balaban J connectivity index is 2.61. The SMILES string of the molecule is CCCCC/C=C/CC/C=C/C(O)C(COC1OC(CO)C(O)C(O)C1O)NC(=O)CCCCCCCCCC. The molecule has 0 spiro atoms. The Morgan fingerprint density at radius 1 is 0.825 bits per heavy atom. The Labute approximate surface area is 241 Å². The van der Waals surface area contributed by atoms with Gasteiger partial charge in [0.2, 0.25) is 5.91 Å². The fourth-order valence-electron chi connectivity index (χ4n) is 4.64. The number of allylic oxidation sites excluding steroid dienone is 3. The fraction of sp³-hybridized carbons (Fsp3) is 0.839. The van der Waals surface area contributed by atoms with E-state index in [0.717, 1.165) is 38.5 Å². The Bertz CT molecular complexity index is 686. The summed E-state index contributed by atoms with van der Waals surface area (Å²) in [5, 5.41) is 53.4. The standard InChI is InChI=1S/C31H57NO8/c1-3-5-7-9-11-13-14-16-18-20-25(34)24(32-27(35)21-19-17-15-12-10-8-6-4-2)23-39-31-30(38)29(37)28(36)26(22-33)40-31/h11,13,18,20,24-26,28-31,33-34,36-38H,3-10,12,14-17,19,21-23H2,1-2H3,(H,32,35)/b13-11+,20-18+. The van der Waals surface area contributed by atoms with Crippen molar-refractivity contribution in [1.29, 1.82) is 0 Å². The Kier molecular flexibility index (Phi) is 21.3. The molecule has 1 heterocycles. The number of ether oxygens (including phenoxy) is 2. The van der Waals surface area contributed by atoms with Crippen LogP contribution in [0.1, 0.15) is 110 Å². The van der Waals surface area contributed by atoms with Gasteiger partial charge in [0.05, 0.1) is 25.4 Å². The summed E-state index contributed by atoms with van der Waals surface area (Å²) in [7, 11) is 0. The number of nitrogens with one attached hydrogen (secondary N) is 1. The normalized spacial score (nSPS) is 25.0. The number of rotatable bonds is 23. The number of unbranched alkanes of at least 4 members (excludes halogenated alkanes) is 11. The van der Waals surface area contributed by atoms with Crippen LogP contribution in [-0.2, 0) is 14.3 Å². The van der Waals surface area contributed by atoms with Gasteiger partial charge < -0.3 is 40.3 Å². The maximum atomic E-state index is 12.7. The molecule has 6 N–H and O–H groups in total. The van der Waals surface area contributed by atoms with Gasteiger partial charge in [0.15, 0.2) is 6.29 Å². The zero-order chi connectivity index (χ0) is 29.6. The summed E-state index contributed by atoms with van der Waals surface area (Å²) in [6.45, 7) is 3.61. The molecule has 7 atom stereocenters. The van der Waals surface area contributed by atoms with Gasteiger partial charge in [-0.3, -0.25) is 4.79 Å². The molecule has 0 bridgehead atoms. The van der Waals surface area contributed by atoms with Crippen molar-refractivity contribution < 1.29 is 39.8 Å². The summed E-state index contributed by atoms with van der Waals surface area (Å²) in [6.07, 6.45) is 15.3. The molecule has 0 aromatic carbocycles. The minimum absolute atomic E-state index is 0.198. The average Bonchev–Trinajstić information content (AvgIpc) is 2.95. The summed E-state index contributed by atoms with van der Waals surface area (Å²) in [5.74, 6) is -0.198. The molecule has 1 amide bonds. The minimum Gasteiger partial charge on any atom is -0.394 e. The second-order valence-electron chi connectivity index (χ2n) is 10.9. The molecule has 1 aliphatic heterocycles. The molecule has 234 valence electrons. The van der Waals surface area contributed by atoms with E-state index < -0.39 is 49.5 Å². The molecular formula is C31H57NO8. The molecule has 9 heteroatoms. The van der Waals surface area contributed by atoms with E-state index in [2.05, 4.69) is 31.3 Å². The molecule has 9 nitrogen and oxygen atoms in total. The van der Waals surface area contributed by atoms with E-state index in [1.54, 1.807) is 6.08 Å². The molecular weight excluding hydrogens is 514 g/mol. The second kappa shape index (κ2) is 23.3. The largest absolute Gasteiger partial charge is 0.394 e. The molecule has 1 fully saturated rings. The highest BCUT2D eigenvalue weighted by molar-refractivity contribution is 5.76. The first-order valence-electron chi connectivity index (χ1n) is 15.6.